The zero-order chi connectivity index (χ0) is 26.9. The molecule has 2 bridgehead atoms. The number of para-hydroxylation sites is 1. The maximum Gasteiger partial charge on any atom is 0.245 e. The molecule has 2 aromatic rings. The van der Waals surface area contributed by atoms with Gasteiger partial charge in [-0.2, -0.15) is 0 Å². The SMILES string of the molecule is CCCCCNC(=O)C1N([C@H](CO)c2ccccc2)C(=O)[C@@H]2[C@@H](C(=O)Nc3ccccc3)[C@@H]3OC12CC3Br. The number of benzene rings is 2. The number of aliphatic hydroxyl groups is 1. The van der Waals surface area contributed by atoms with Gasteiger partial charge in [0, 0.05) is 17.1 Å². The van der Waals surface area contributed by atoms with Crippen LogP contribution in [0, 0.1) is 11.8 Å². The van der Waals surface area contributed by atoms with E-state index in [0.29, 0.717) is 18.7 Å². The number of likely N-dealkylation sites (tertiary alicyclic amines) is 1. The van der Waals surface area contributed by atoms with E-state index in [-0.39, 0.29) is 29.2 Å². The van der Waals surface area contributed by atoms with Gasteiger partial charge >= 0.3 is 0 Å². The first kappa shape index (κ1) is 26.8. The topological polar surface area (TPSA) is 108 Å². The summed E-state index contributed by atoms with van der Waals surface area (Å²) in [6, 6.07) is 16.6. The summed E-state index contributed by atoms with van der Waals surface area (Å²) in [5, 5.41) is 16.5. The number of carbonyl (C=O) groups excluding carboxylic acids is 3. The fourth-order valence-electron chi connectivity index (χ4n) is 6.46. The third kappa shape index (κ3) is 4.54. The van der Waals surface area contributed by atoms with Crippen molar-refractivity contribution in [2.75, 3.05) is 18.5 Å². The largest absolute Gasteiger partial charge is 0.394 e. The Morgan fingerprint density at radius 3 is 2.45 bits per heavy atom. The Balaban J connectivity index is 1.53. The van der Waals surface area contributed by atoms with E-state index in [9.17, 15) is 19.5 Å². The van der Waals surface area contributed by atoms with E-state index in [1.54, 1.807) is 12.1 Å². The average molecular weight is 585 g/mol. The smallest absolute Gasteiger partial charge is 0.245 e. The van der Waals surface area contributed by atoms with Crippen molar-refractivity contribution in [3.05, 3.63) is 66.2 Å². The van der Waals surface area contributed by atoms with E-state index in [1.165, 1.54) is 4.90 Å². The van der Waals surface area contributed by atoms with Crippen LogP contribution < -0.4 is 10.6 Å². The molecule has 8 nitrogen and oxygen atoms in total. The Labute approximate surface area is 231 Å². The Morgan fingerprint density at radius 1 is 1.11 bits per heavy atom. The standard InChI is InChI=1S/C29H34BrN3O5/c1-2-3-10-15-31-27(36)25-29-16-20(30)24(38-29)22(26(35)32-19-13-8-5-9-14-19)23(29)28(37)33(25)21(17-34)18-11-6-4-7-12-18/h4-9,11-14,20-25,34H,2-3,10,15-17H2,1H3,(H,31,36)(H,32,35)/t20?,21-,22-,23+,24-,25?,29?/m1/s1. The van der Waals surface area contributed by atoms with Gasteiger partial charge in [0.25, 0.3) is 0 Å². The normalized spacial score (nSPS) is 30.2. The van der Waals surface area contributed by atoms with Crippen molar-refractivity contribution in [1.82, 2.24) is 10.2 Å². The van der Waals surface area contributed by atoms with Crippen LogP contribution in [-0.4, -0.2) is 63.5 Å². The van der Waals surface area contributed by atoms with Gasteiger partial charge in [0.05, 0.1) is 30.6 Å². The quantitative estimate of drug-likeness (QED) is 0.293. The van der Waals surface area contributed by atoms with Crippen molar-refractivity contribution >= 4 is 39.3 Å². The third-order valence-corrected chi connectivity index (χ3v) is 8.94. The van der Waals surface area contributed by atoms with Crippen molar-refractivity contribution in [3.63, 3.8) is 0 Å². The van der Waals surface area contributed by atoms with E-state index in [2.05, 4.69) is 33.5 Å². The first-order chi connectivity index (χ1) is 18.4. The van der Waals surface area contributed by atoms with E-state index in [0.717, 1.165) is 24.8 Å². The zero-order valence-electron chi connectivity index (χ0n) is 21.4. The highest BCUT2D eigenvalue weighted by Gasteiger charge is 2.77. The average Bonchev–Trinajstić information content (AvgIpc) is 3.52. The van der Waals surface area contributed by atoms with E-state index in [1.807, 2.05) is 48.5 Å². The van der Waals surface area contributed by atoms with Crippen LogP contribution in [0.25, 0.3) is 0 Å². The number of halogens is 1. The Morgan fingerprint density at radius 2 is 1.79 bits per heavy atom. The summed E-state index contributed by atoms with van der Waals surface area (Å²) in [5.41, 5.74) is 0.176. The zero-order valence-corrected chi connectivity index (χ0v) is 23.0. The molecular formula is C29H34BrN3O5. The molecule has 3 N–H and O–H groups in total. The molecule has 0 radical (unpaired) electrons. The highest BCUT2D eigenvalue weighted by Crippen LogP contribution is 2.61. The number of nitrogens with zero attached hydrogens (tertiary/aromatic N) is 1. The predicted octanol–water partition coefficient (Wildman–Crippen LogP) is 3.41. The maximum atomic E-state index is 14.3. The second-order valence-electron chi connectivity index (χ2n) is 10.4. The Hall–Kier alpha value is -2.75. The number of carbonyl (C=O) groups is 3. The number of nitrogens with one attached hydrogen (secondary N) is 2. The number of ether oxygens (including phenoxy) is 1. The number of hydrogen-bond acceptors (Lipinski definition) is 5. The fourth-order valence-corrected chi connectivity index (χ4v) is 7.41. The molecule has 3 aliphatic heterocycles. The minimum absolute atomic E-state index is 0.197. The lowest BCUT2D eigenvalue weighted by Gasteiger charge is -2.37. The monoisotopic (exact) mass is 583 g/mol. The first-order valence-electron chi connectivity index (χ1n) is 13.4. The molecule has 3 unspecified atom stereocenters. The van der Waals surface area contributed by atoms with Crippen molar-refractivity contribution in [2.24, 2.45) is 11.8 Å². The summed E-state index contributed by atoms with van der Waals surface area (Å²) in [5.74, 6) is -2.58. The number of unbranched alkanes of at least 4 members (excludes halogenated alkanes) is 2. The van der Waals surface area contributed by atoms with Gasteiger partial charge in [-0.25, -0.2) is 0 Å². The number of amides is 3. The molecule has 0 saturated carbocycles. The van der Waals surface area contributed by atoms with Gasteiger partial charge in [-0.1, -0.05) is 84.2 Å². The second-order valence-corrected chi connectivity index (χ2v) is 11.5. The molecule has 0 aliphatic carbocycles. The van der Waals surface area contributed by atoms with Crippen LogP contribution in [0.2, 0.25) is 0 Å². The third-order valence-electron chi connectivity index (χ3n) is 8.09. The number of alkyl halides is 1. The number of fused-ring (bicyclic) bond motifs is 1. The van der Waals surface area contributed by atoms with Crippen LogP contribution in [0.1, 0.15) is 44.2 Å². The van der Waals surface area contributed by atoms with Crippen LogP contribution in [-0.2, 0) is 19.1 Å². The van der Waals surface area contributed by atoms with Crippen molar-refractivity contribution in [1.29, 1.82) is 0 Å². The summed E-state index contributed by atoms with van der Waals surface area (Å²) in [4.78, 5) is 43.0. The molecule has 3 amide bonds. The minimum atomic E-state index is -1.17. The van der Waals surface area contributed by atoms with E-state index < -0.39 is 35.6 Å². The molecule has 3 heterocycles. The van der Waals surface area contributed by atoms with Crippen molar-refractivity contribution in [2.45, 2.75) is 61.2 Å². The Kier molecular flexibility index (Phi) is 7.88. The lowest BCUT2D eigenvalue weighted by molar-refractivity contribution is -0.145. The van der Waals surface area contributed by atoms with Crippen molar-refractivity contribution < 1.29 is 24.2 Å². The van der Waals surface area contributed by atoms with Crippen LogP contribution in [0.15, 0.2) is 60.7 Å². The van der Waals surface area contributed by atoms with E-state index >= 15 is 0 Å². The number of hydrogen-bond donors (Lipinski definition) is 3. The maximum absolute atomic E-state index is 14.3. The van der Waals surface area contributed by atoms with E-state index in [4.69, 9.17) is 4.74 Å². The molecule has 3 saturated heterocycles. The highest BCUT2D eigenvalue weighted by molar-refractivity contribution is 9.09. The lowest BCUT2D eigenvalue weighted by atomic mass is 9.70. The molecule has 38 heavy (non-hydrogen) atoms. The molecule has 7 atom stereocenters. The summed E-state index contributed by atoms with van der Waals surface area (Å²) < 4.78 is 6.55. The summed E-state index contributed by atoms with van der Waals surface area (Å²) in [6.45, 7) is 2.22. The number of aliphatic hydroxyl groups excluding tert-OH is 1. The van der Waals surface area contributed by atoms with Gasteiger partial charge in [0.1, 0.15) is 11.6 Å². The molecule has 9 heteroatoms. The molecule has 3 fully saturated rings. The van der Waals surface area contributed by atoms with Crippen molar-refractivity contribution in [3.8, 4) is 0 Å². The highest BCUT2D eigenvalue weighted by atomic mass is 79.9. The molecule has 202 valence electrons. The molecule has 3 aliphatic rings. The van der Waals surface area contributed by atoms with Gasteiger partial charge in [-0.3, -0.25) is 14.4 Å². The van der Waals surface area contributed by atoms with Crippen LogP contribution in [0.4, 0.5) is 5.69 Å². The Bertz CT molecular complexity index is 1170. The van der Waals surface area contributed by atoms with Gasteiger partial charge in [0.15, 0.2) is 0 Å². The second kappa shape index (κ2) is 11.2. The first-order valence-corrected chi connectivity index (χ1v) is 14.3. The van der Waals surface area contributed by atoms with Gasteiger partial charge in [-0.15, -0.1) is 0 Å². The summed E-state index contributed by atoms with van der Waals surface area (Å²) in [7, 11) is 0. The van der Waals surface area contributed by atoms with Gasteiger partial charge in [-0.05, 0) is 30.5 Å². The van der Waals surface area contributed by atoms with Crippen LogP contribution in [0.3, 0.4) is 0 Å². The van der Waals surface area contributed by atoms with Gasteiger partial charge in [0.2, 0.25) is 17.7 Å². The minimum Gasteiger partial charge on any atom is -0.394 e. The van der Waals surface area contributed by atoms with Gasteiger partial charge < -0.3 is 25.4 Å². The molecule has 2 aromatic carbocycles. The lowest BCUT2D eigenvalue weighted by Crippen LogP contribution is -2.56. The molecule has 1 spiro atoms. The summed E-state index contributed by atoms with van der Waals surface area (Å²) >= 11 is 3.69. The number of rotatable bonds is 10. The number of anilines is 1. The predicted molar refractivity (Wildman–Crippen MR) is 146 cm³/mol. The van der Waals surface area contributed by atoms with Crippen LogP contribution >= 0.6 is 15.9 Å². The molecule has 0 aromatic heterocycles. The fraction of sp³-hybridized carbons (Fsp3) is 0.483. The molecule has 5 rings (SSSR count). The molecular weight excluding hydrogens is 550 g/mol. The summed E-state index contributed by atoms with van der Waals surface area (Å²) in [6.07, 6.45) is 2.70. The van der Waals surface area contributed by atoms with Crippen LogP contribution in [0.5, 0.6) is 0 Å².